The normalized spacial score (nSPS) is 11.5. The van der Waals surface area contributed by atoms with Crippen LogP contribution < -0.4 is 4.90 Å². The Hall–Kier alpha value is -3.60. The van der Waals surface area contributed by atoms with E-state index in [9.17, 15) is 4.79 Å². The molecule has 28 heavy (non-hydrogen) atoms. The summed E-state index contributed by atoms with van der Waals surface area (Å²) in [5, 5.41) is 2.27. The number of anilines is 1. The van der Waals surface area contributed by atoms with Gasteiger partial charge in [-0.25, -0.2) is 4.98 Å². The van der Waals surface area contributed by atoms with Crippen LogP contribution in [-0.4, -0.2) is 27.5 Å². The molecular formula is C23H20N4O. The number of carbonyl (C=O) groups excluding carboxylic acids is 1. The molecule has 5 heteroatoms. The first-order valence-electron chi connectivity index (χ1n) is 9.41. The number of nitrogens with one attached hydrogen (secondary N) is 1. The van der Waals surface area contributed by atoms with Crippen molar-refractivity contribution < 1.29 is 4.79 Å². The molecule has 5 rings (SSSR count). The Bertz CT molecular complexity index is 1310. The predicted octanol–water partition coefficient (Wildman–Crippen LogP) is 4.97. The van der Waals surface area contributed by atoms with Crippen molar-refractivity contribution in [2.75, 3.05) is 11.9 Å². The van der Waals surface area contributed by atoms with Crippen molar-refractivity contribution in [3.05, 3.63) is 72.3 Å². The smallest absolute Gasteiger partial charge is 0.260 e. The molecule has 0 unspecified atom stereocenters. The minimum absolute atomic E-state index is 0.0886. The SMILES string of the molecule is CCn1c2ccccc2c2cc(C(=O)N(C)c3nc4ccccc4[nH]3)ccc21. The molecule has 0 radical (unpaired) electrons. The van der Waals surface area contributed by atoms with Crippen molar-refractivity contribution in [3.63, 3.8) is 0 Å². The van der Waals surface area contributed by atoms with Crippen LogP contribution in [0.25, 0.3) is 32.8 Å². The Kier molecular flexibility index (Phi) is 3.69. The fourth-order valence-electron chi connectivity index (χ4n) is 3.92. The molecule has 0 bridgehead atoms. The maximum atomic E-state index is 13.1. The van der Waals surface area contributed by atoms with Crippen LogP contribution in [0.15, 0.2) is 66.7 Å². The van der Waals surface area contributed by atoms with E-state index in [0.717, 1.165) is 28.5 Å². The van der Waals surface area contributed by atoms with Crippen LogP contribution in [-0.2, 0) is 6.54 Å². The molecule has 0 spiro atoms. The number of benzene rings is 3. The lowest BCUT2D eigenvalue weighted by molar-refractivity contribution is 0.0992. The van der Waals surface area contributed by atoms with Crippen LogP contribution in [0, 0.1) is 0 Å². The van der Waals surface area contributed by atoms with Gasteiger partial charge in [0.2, 0.25) is 5.95 Å². The Morgan fingerprint density at radius 3 is 2.57 bits per heavy atom. The number of H-pyrrole nitrogens is 1. The minimum Gasteiger partial charge on any atom is -0.341 e. The highest BCUT2D eigenvalue weighted by molar-refractivity contribution is 6.13. The van der Waals surface area contributed by atoms with Gasteiger partial charge in [-0.05, 0) is 43.3 Å². The van der Waals surface area contributed by atoms with Crippen molar-refractivity contribution in [2.24, 2.45) is 0 Å². The molecule has 0 saturated carbocycles. The summed E-state index contributed by atoms with van der Waals surface area (Å²) in [6.45, 7) is 3.02. The van der Waals surface area contributed by atoms with Gasteiger partial charge in [0.15, 0.2) is 0 Å². The lowest BCUT2D eigenvalue weighted by Crippen LogP contribution is -2.27. The van der Waals surface area contributed by atoms with Gasteiger partial charge in [-0.1, -0.05) is 30.3 Å². The molecule has 2 aromatic heterocycles. The van der Waals surface area contributed by atoms with E-state index < -0.39 is 0 Å². The molecular weight excluding hydrogens is 348 g/mol. The first kappa shape index (κ1) is 16.6. The number of rotatable bonds is 3. The number of hydrogen-bond donors (Lipinski definition) is 1. The summed E-state index contributed by atoms with van der Waals surface area (Å²) in [5.41, 5.74) is 4.74. The number of aromatic amines is 1. The molecule has 5 aromatic rings. The highest BCUT2D eigenvalue weighted by atomic mass is 16.2. The molecule has 1 amide bonds. The number of aryl methyl sites for hydroxylation is 1. The average molecular weight is 368 g/mol. The Balaban J connectivity index is 1.60. The van der Waals surface area contributed by atoms with Gasteiger partial charge in [0.05, 0.1) is 11.0 Å². The Morgan fingerprint density at radius 2 is 1.75 bits per heavy atom. The monoisotopic (exact) mass is 368 g/mol. The third-order valence-electron chi connectivity index (χ3n) is 5.33. The van der Waals surface area contributed by atoms with E-state index in [1.165, 1.54) is 10.9 Å². The highest BCUT2D eigenvalue weighted by Gasteiger charge is 2.18. The van der Waals surface area contributed by atoms with Crippen molar-refractivity contribution in [2.45, 2.75) is 13.5 Å². The standard InChI is InChI=1S/C23H20N4O/c1-3-27-20-11-7-4-8-16(20)17-14-15(12-13-21(17)27)22(28)26(2)23-24-18-9-5-6-10-19(18)25-23/h4-14H,3H2,1-2H3,(H,24,25). The minimum atomic E-state index is -0.0886. The van der Waals surface area contributed by atoms with Crippen LogP contribution in [0.1, 0.15) is 17.3 Å². The molecule has 2 heterocycles. The second-order valence-corrected chi connectivity index (χ2v) is 6.94. The Morgan fingerprint density at radius 1 is 1.00 bits per heavy atom. The number of para-hydroxylation sites is 3. The van der Waals surface area contributed by atoms with Gasteiger partial charge in [0.1, 0.15) is 0 Å². The van der Waals surface area contributed by atoms with E-state index in [4.69, 9.17) is 0 Å². The fraction of sp³-hybridized carbons (Fsp3) is 0.130. The van der Waals surface area contributed by atoms with Gasteiger partial charge in [-0.15, -0.1) is 0 Å². The van der Waals surface area contributed by atoms with Crippen LogP contribution in [0.3, 0.4) is 0 Å². The van der Waals surface area contributed by atoms with Crippen molar-refractivity contribution in [1.29, 1.82) is 0 Å². The van der Waals surface area contributed by atoms with Gasteiger partial charge in [0.25, 0.3) is 5.91 Å². The van der Waals surface area contributed by atoms with E-state index >= 15 is 0 Å². The summed E-state index contributed by atoms with van der Waals surface area (Å²) >= 11 is 0. The van der Waals surface area contributed by atoms with Crippen molar-refractivity contribution in [1.82, 2.24) is 14.5 Å². The van der Waals surface area contributed by atoms with Crippen LogP contribution in [0.5, 0.6) is 0 Å². The van der Waals surface area contributed by atoms with E-state index in [0.29, 0.717) is 11.5 Å². The van der Waals surface area contributed by atoms with E-state index in [1.54, 1.807) is 11.9 Å². The highest BCUT2D eigenvalue weighted by Crippen LogP contribution is 2.30. The lowest BCUT2D eigenvalue weighted by Gasteiger charge is -2.14. The topological polar surface area (TPSA) is 53.9 Å². The average Bonchev–Trinajstić information content (AvgIpc) is 3.31. The third-order valence-corrected chi connectivity index (χ3v) is 5.33. The third kappa shape index (κ3) is 2.40. The molecule has 1 N–H and O–H groups in total. The van der Waals surface area contributed by atoms with Gasteiger partial charge < -0.3 is 9.55 Å². The fourth-order valence-corrected chi connectivity index (χ4v) is 3.92. The lowest BCUT2D eigenvalue weighted by atomic mass is 10.1. The molecule has 3 aromatic carbocycles. The van der Waals surface area contributed by atoms with Crippen LogP contribution >= 0.6 is 0 Å². The van der Waals surface area contributed by atoms with Crippen molar-refractivity contribution >= 4 is 44.7 Å². The van der Waals surface area contributed by atoms with E-state index in [2.05, 4.69) is 39.7 Å². The second kappa shape index (κ2) is 6.23. The van der Waals surface area contributed by atoms with Gasteiger partial charge >= 0.3 is 0 Å². The van der Waals surface area contributed by atoms with Gasteiger partial charge in [-0.3, -0.25) is 9.69 Å². The summed E-state index contributed by atoms with van der Waals surface area (Å²) in [5.74, 6) is 0.455. The van der Waals surface area contributed by atoms with Crippen LogP contribution in [0.4, 0.5) is 5.95 Å². The molecule has 0 aliphatic carbocycles. The maximum Gasteiger partial charge on any atom is 0.260 e. The molecule has 138 valence electrons. The molecule has 0 aliphatic heterocycles. The number of amides is 1. The van der Waals surface area contributed by atoms with E-state index in [-0.39, 0.29) is 5.91 Å². The zero-order valence-corrected chi connectivity index (χ0v) is 15.8. The molecule has 5 nitrogen and oxygen atoms in total. The second-order valence-electron chi connectivity index (χ2n) is 6.94. The first-order chi connectivity index (χ1) is 13.7. The molecule has 0 fully saturated rings. The summed E-state index contributed by atoms with van der Waals surface area (Å²) in [6, 6.07) is 22.0. The summed E-state index contributed by atoms with van der Waals surface area (Å²) in [7, 11) is 1.75. The van der Waals surface area contributed by atoms with Gasteiger partial charge in [0, 0.05) is 41.0 Å². The molecule has 0 atom stereocenters. The molecule has 0 aliphatic rings. The number of carbonyl (C=O) groups is 1. The van der Waals surface area contributed by atoms with E-state index in [1.807, 2.05) is 48.5 Å². The largest absolute Gasteiger partial charge is 0.341 e. The Labute approximate surface area is 162 Å². The number of nitrogens with zero attached hydrogens (tertiary/aromatic N) is 3. The number of fused-ring (bicyclic) bond motifs is 4. The maximum absolute atomic E-state index is 13.1. The molecule has 0 saturated heterocycles. The zero-order valence-electron chi connectivity index (χ0n) is 15.8. The van der Waals surface area contributed by atoms with Crippen molar-refractivity contribution in [3.8, 4) is 0 Å². The number of aromatic nitrogens is 3. The number of hydrogen-bond acceptors (Lipinski definition) is 2. The predicted molar refractivity (Wildman–Crippen MR) is 114 cm³/mol. The number of imidazole rings is 1. The zero-order chi connectivity index (χ0) is 19.3. The summed E-state index contributed by atoms with van der Waals surface area (Å²) < 4.78 is 2.28. The van der Waals surface area contributed by atoms with Gasteiger partial charge in [-0.2, -0.15) is 0 Å². The first-order valence-corrected chi connectivity index (χ1v) is 9.41. The quantitative estimate of drug-likeness (QED) is 0.489. The van der Waals surface area contributed by atoms with Crippen LogP contribution in [0.2, 0.25) is 0 Å². The summed E-state index contributed by atoms with van der Waals surface area (Å²) in [6.07, 6.45) is 0. The summed E-state index contributed by atoms with van der Waals surface area (Å²) in [4.78, 5) is 22.5.